The van der Waals surface area contributed by atoms with Crippen LogP contribution in [0.2, 0.25) is 6.04 Å². The Morgan fingerprint density at radius 2 is 1.73 bits per heavy atom. The van der Waals surface area contributed by atoms with E-state index in [2.05, 4.69) is 35.8 Å². The molecule has 0 saturated carbocycles. The van der Waals surface area contributed by atoms with Crippen LogP contribution in [0.1, 0.15) is 5.56 Å². The summed E-state index contributed by atoms with van der Waals surface area (Å²) >= 11 is 0. The lowest BCUT2D eigenvalue weighted by Crippen LogP contribution is -2.67. The van der Waals surface area contributed by atoms with Crippen molar-refractivity contribution < 1.29 is 8.85 Å². The van der Waals surface area contributed by atoms with Gasteiger partial charge in [0.1, 0.15) is 0 Å². The molecule has 0 unspecified atom stereocenters. The van der Waals surface area contributed by atoms with E-state index in [4.69, 9.17) is 8.85 Å². The Bertz CT molecular complexity index is 329. The second-order valence-electron chi connectivity index (χ2n) is 3.86. The van der Waals surface area contributed by atoms with Crippen molar-refractivity contribution in [1.82, 2.24) is 0 Å². The van der Waals surface area contributed by atoms with Crippen molar-refractivity contribution in [2.45, 2.75) is 13.0 Å². The van der Waals surface area contributed by atoms with Gasteiger partial charge in [0, 0.05) is 32.5 Å². The molecule has 1 fully saturated rings. The molecule has 0 bridgehead atoms. The number of nitrogens with zero attached hydrogens (tertiary/aromatic N) is 1. The molecule has 1 heterocycles. The molecular weight excluding hydrogens is 206 g/mol. The summed E-state index contributed by atoms with van der Waals surface area (Å²) in [6.07, 6.45) is 0. The molecule has 0 aromatic heterocycles. The lowest BCUT2D eigenvalue weighted by Gasteiger charge is -2.47. The fourth-order valence-corrected chi connectivity index (χ4v) is 4.34. The Labute approximate surface area is 91.9 Å². The largest absolute Gasteiger partial charge is 0.460 e. The molecule has 0 amide bonds. The van der Waals surface area contributed by atoms with Crippen molar-refractivity contribution in [3.05, 3.63) is 29.8 Å². The van der Waals surface area contributed by atoms with Crippen LogP contribution < -0.4 is 4.57 Å². The molecule has 1 aromatic carbocycles. The summed E-state index contributed by atoms with van der Waals surface area (Å²) in [6.45, 7) is 3.13. The smallest absolute Gasteiger partial charge is 0.382 e. The van der Waals surface area contributed by atoms with E-state index in [0.717, 1.165) is 12.6 Å². The summed E-state index contributed by atoms with van der Waals surface area (Å²) in [5.41, 5.74) is 2.49. The minimum atomic E-state index is -2.05. The molecule has 1 saturated heterocycles. The average Bonchev–Trinajstić information content (AvgIpc) is 2.22. The lowest BCUT2D eigenvalue weighted by molar-refractivity contribution is 0.223. The molecule has 0 aliphatic carbocycles. The molecule has 0 spiro atoms. The summed E-state index contributed by atoms with van der Waals surface area (Å²) in [6, 6.07) is 9.56. The highest BCUT2D eigenvalue weighted by atomic mass is 28.4. The van der Waals surface area contributed by atoms with Crippen LogP contribution in [0.4, 0.5) is 5.69 Å². The molecule has 1 aliphatic heterocycles. The average molecular weight is 223 g/mol. The molecule has 0 atom stereocenters. The van der Waals surface area contributed by atoms with Crippen LogP contribution in [0, 0.1) is 6.92 Å². The van der Waals surface area contributed by atoms with E-state index in [1.165, 1.54) is 11.3 Å². The van der Waals surface area contributed by atoms with Gasteiger partial charge in [0.2, 0.25) is 0 Å². The first-order valence-corrected chi connectivity index (χ1v) is 7.13. The number of hydrogen-bond acceptors (Lipinski definition) is 3. The van der Waals surface area contributed by atoms with Crippen LogP contribution in [-0.4, -0.2) is 29.5 Å². The SMILES string of the molecule is CO[Si]1(OC)CCN1c1ccc(C)cc1. The Kier molecular flexibility index (Phi) is 2.82. The zero-order valence-electron chi connectivity index (χ0n) is 9.49. The van der Waals surface area contributed by atoms with Gasteiger partial charge in [0.05, 0.1) is 0 Å². The fourth-order valence-electron chi connectivity index (χ4n) is 1.96. The van der Waals surface area contributed by atoms with Crippen LogP contribution in [0.5, 0.6) is 0 Å². The number of hydrogen-bond donors (Lipinski definition) is 0. The monoisotopic (exact) mass is 223 g/mol. The van der Waals surface area contributed by atoms with Gasteiger partial charge in [0.15, 0.2) is 0 Å². The van der Waals surface area contributed by atoms with Gasteiger partial charge in [-0.2, -0.15) is 0 Å². The fraction of sp³-hybridized carbons (Fsp3) is 0.455. The third kappa shape index (κ3) is 1.69. The highest BCUT2D eigenvalue weighted by Gasteiger charge is 2.52. The first-order chi connectivity index (χ1) is 7.22. The third-order valence-electron chi connectivity index (χ3n) is 3.05. The van der Waals surface area contributed by atoms with Crippen molar-refractivity contribution in [2.75, 3.05) is 25.3 Å². The van der Waals surface area contributed by atoms with Gasteiger partial charge in [-0.15, -0.1) is 0 Å². The van der Waals surface area contributed by atoms with Crippen LogP contribution in [0.15, 0.2) is 24.3 Å². The molecule has 3 nitrogen and oxygen atoms in total. The molecule has 0 radical (unpaired) electrons. The molecule has 4 heteroatoms. The van der Waals surface area contributed by atoms with E-state index in [-0.39, 0.29) is 0 Å². The summed E-state index contributed by atoms with van der Waals surface area (Å²) in [7, 11) is 1.45. The van der Waals surface area contributed by atoms with Gasteiger partial charge < -0.3 is 13.4 Å². The normalized spacial score (nSPS) is 18.7. The van der Waals surface area contributed by atoms with E-state index in [0.29, 0.717) is 0 Å². The summed E-state index contributed by atoms with van der Waals surface area (Å²) in [5, 5.41) is 0. The van der Waals surface area contributed by atoms with E-state index in [1.54, 1.807) is 14.2 Å². The highest BCUT2D eigenvalue weighted by molar-refractivity contribution is 6.74. The van der Waals surface area contributed by atoms with E-state index < -0.39 is 8.72 Å². The minimum Gasteiger partial charge on any atom is -0.382 e. The van der Waals surface area contributed by atoms with Gasteiger partial charge >= 0.3 is 8.72 Å². The maximum Gasteiger partial charge on any atom is 0.460 e. The maximum atomic E-state index is 5.56. The number of rotatable bonds is 3. The number of anilines is 1. The second-order valence-corrected chi connectivity index (χ2v) is 7.14. The van der Waals surface area contributed by atoms with Gasteiger partial charge in [-0.3, -0.25) is 0 Å². The predicted octanol–water partition coefficient (Wildman–Crippen LogP) is 2.05. The maximum absolute atomic E-state index is 5.56. The molecule has 82 valence electrons. The first kappa shape index (κ1) is 10.7. The van der Waals surface area contributed by atoms with Crippen molar-refractivity contribution in [2.24, 2.45) is 0 Å². The van der Waals surface area contributed by atoms with Gasteiger partial charge in [0.25, 0.3) is 0 Å². The Hall–Kier alpha value is -0.843. The van der Waals surface area contributed by atoms with Crippen molar-refractivity contribution in [1.29, 1.82) is 0 Å². The number of benzene rings is 1. The quantitative estimate of drug-likeness (QED) is 0.732. The van der Waals surface area contributed by atoms with E-state index in [9.17, 15) is 0 Å². The zero-order chi connectivity index (χ0) is 10.9. The van der Waals surface area contributed by atoms with Gasteiger partial charge in [-0.25, -0.2) is 0 Å². The molecule has 0 N–H and O–H groups in total. The predicted molar refractivity (Wildman–Crippen MR) is 63.1 cm³/mol. The van der Waals surface area contributed by atoms with Crippen LogP contribution >= 0.6 is 0 Å². The topological polar surface area (TPSA) is 21.7 Å². The van der Waals surface area contributed by atoms with Crippen LogP contribution in [0.25, 0.3) is 0 Å². The molecule has 1 aliphatic rings. The van der Waals surface area contributed by atoms with Gasteiger partial charge in [-0.05, 0) is 19.1 Å². The summed E-state index contributed by atoms with van der Waals surface area (Å²) in [4.78, 5) is 0. The Balaban J connectivity index is 2.21. The van der Waals surface area contributed by atoms with E-state index >= 15 is 0 Å². The third-order valence-corrected chi connectivity index (χ3v) is 6.48. The number of aryl methyl sites for hydroxylation is 1. The van der Waals surface area contributed by atoms with Crippen LogP contribution in [-0.2, 0) is 8.85 Å². The summed E-state index contributed by atoms with van der Waals surface area (Å²) in [5.74, 6) is 0. The van der Waals surface area contributed by atoms with Crippen LogP contribution in [0.3, 0.4) is 0 Å². The van der Waals surface area contributed by atoms with Crippen molar-refractivity contribution in [3.8, 4) is 0 Å². The molecule has 2 rings (SSSR count). The first-order valence-electron chi connectivity index (χ1n) is 5.16. The standard InChI is InChI=1S/C11H17NO2Si/c1-10-4-6-11(7-5-10)12-8-9-15(12,13-2)14-3/h4-7H,8-9H2,1-3H3. The Morgan fingerprint density at radius 3 is 2.13 bits per heavy atom. The second kappa shape index (κ2) is 3.96. The van der Waals surface area contributed by atoms with Crippen molar-refractivity contribution >= 4 is 14.4 Å². The summed E-state index contributed by atoms with van der Waals surface area (Å²) < 4.78 is 13.4. The minimum absolute atomic E-state index is 1.04. The lowest BCUT2D eigenvalue weighted by atomic mass is 10.2. The molecule has 15 heavy (non-hydrogen) atoms. The molecule has 1 aromatic rings. The van der Waals surface area contributed by atoms with Crippen molar-refractivity contribution in [3.63, 3.8) is 0 Å². The Morgan fingerprint density at radius 1 is 1.13 bits per heavy atom. The molecular formula is C11H17NO2Si. The highest BCUT2D eigenvalue weighted by Crippen LogP contribution is 2.33. The zero-order valence-corrected chi connectivity index (χ0v) is 10.5. The van der Waals surface area contributed by atoms with E-state index in [1.807, 2.05) is 0 Å². The van der Waals surface area contributed by atoms with Gasteiger partial charge in [-0.1, -0.05) is 17.7 Å².